The smallest absolute Gasteiger partial charge is 0.0218 e. The van der Waals surface area contributed by atoms with Gasteiger partial charge in [-0.1, -0.05) is 6.42 Å². The highest BCUT2D eigenvalue weighted by atomic mass is 15.2. The number of likely N-dealkylation sites (tertiary alicyclic amines) is 1. The fourth-order valence-corrected chi connectivity index (χ4v) is 3.12. The van der Waals surface area contributed by atoms with E-state index in [1.54, 1.807) is 0 Å². The van der Waals surface area contributed by atoms with Crippen LogP contribution >= 0.6 is 0 Å². The summed E-state index contributed by atoms with van der Waals surface area (Å²) in [5.74, 6) is 0. The van der Waals surface area contributed by atoms with Crippen molar-refractivity contribution in [3.63, 3.8) is 0 Å². The minimum absolute atomic E-state index is 0.783. The lowest BCUT2D eigenvalue weighted by Gasteiger charge is -2.32. The molecule has 0 radical (unpaired) electrons. The van der Waals surface area contributed by atoms with E-state index in [2.05, 4.69) is 22.2 Å². The second kappa shape index (κ2) is 7.34. The number of nitrogens with one attached hydrogen (secondary N) is 1. The fourth-order valence-electron chi connectivity index (χ4n) is 3.12. The normalized spacial score (nSPS) is 27.5. The summed E-state index contributed by atoms with van der Waals surface area (Å²) in [6.45, 7) is 7.68. The molecule has 2 rings (SSSR count). The number of likely N-dealkylation sites (N-methyl/N-ethyl adjacent to an activating group) is 1. The Hall–Kier alpha value is -0.120. The van der Waals surface area contributed by atoms with Crippen LogP contribution < -0.4 is 5.32 Å². The molecule has 0 saturated carbocycles. The number of rotatable bonds is 5. The highest BCUT2D eigenvalue weighted by Gasteiger charge is 2.17. The van der Waals surface area contributed by atoms with Gasteiger partial charge in [0.2, 0.25) is 0 Å². The van der Waals surface area contributed by atoms with Crippen LogP contribution in [0.3, 0.4) is 0 Å². The molecule has 3 heteroatoms. The summed E-state index contributed by atoms with van der Waals surface area (Å²) in [6.07, 6.45) is 8.36. The summed E-state index contributed by atoms with van der Waals surface area (Å²) in [6, 6.07) is 0.783. The van der Waals surface area contributed by atoms with Crippen molar-refractivity contribution in [2.75, 3.05) is 46.3 Å². The van der Waals surface area contributed by atoms with Crippen molar-refractivity contribution in [2.24, 2.45) is 0 Å². The topological polar surface area (TPSA) is 18.5 Å². The van der Waals surface area contributed by atoms with Crippen LogP contribution in [0.15, 0.2) is 0 Å². The van der Waals surface area contributed by atoms with Crippen LogP contribution in [0.25, 0.3) is 0 Å². The highest BCUT2D eigenvalue weighted by Crippen LogP contribution is 2.11. The van der Waals surface area contributed by atoms with Gasteiger partial charge >= 0.3 is 0 Å². The molecule has 0 bridgehead atoms. The average Bonchev–Trinajstić information content (AvgIpc) is 2.41. The minimum Gasteiger partial charge on any atom is -0.315 e. The molecule has 2 heterocycles. The van der Waals surface area contributed by atoms with Crippen molar-refractivity contribution in [1.82, 2.24) is 15.1 Å². The van der Waals surface area contributed by atoms with E-state index in [-0.39, 0.29) is 0 Å². The van der Waals surface area contributed by atoms with Crippen molar-refractivity contribution in [3.05, 3.63) is 0 Å². The van der Waals surface area contributed by atoms with Crippen molar-refractivity contribution in [1.29, 1.82) is 0 Å². The van der Waals surface area contributed by atoms with Gasteiger partial charge in [0.05, 0.1) is 0 Å². The largest absolute Gasteiger partial charge is 0.315 e. The van der Waals surface area contributed by atoms with Crippen LogP contribution in [0.1, 0.15) is 38.5 Å². The quantitative estimate of drug-likeness (QED) is 0.785. The van der Waals surface area contributed by atoms with Crippen LogP contribution in [-0.2, 0) is 0 Å². The molecule has 17 heavy (non-hydrogen) atoms. The summed E-state index contributed by atoms with van der Waals surface area (Å²) < 4.78 is 0. The zero-order valence-electron chi connectivity index (χ0n) is 11.5. The average molecular weight is 239 g/mol. The Morgan fingerprint density at radius 3 is 2.71 bits per heavy atom. The predicted octanol–water partition coefficient (Wildman–Crippen LogP) is 1.55. The Balaban J connectivity index is 1.57. The predicted molar refractivity (Wildman–Crippen MR) is 73.4 cm³/mol. The molecule has 0 spiro atoms. The number of hydrogen-bond acceptors (Lipinski definition) is 3. The number of nitrogens with zero attached hydrogens (tertiary/aromatic N) is 2. The monoisotopic (exact) mass is 239 g/mol. The van der Waals surface area contributed by atoms with Gasteiger partial charge in [-0.2, -0.15) is 0 Å². The second-order valence-electron chi connectivity index (χ2n) is 5.74. The molecule has 0 aliphatic carbocycles. The maximum Gasteiger partial charge on any atom is 0.0218 e. The van der Waals surface area contributed by atoms with Gasteiger partial charge in [-0.3, -0.25) is 0 Å². The van der Waals surface area contributed by atoms with Gasteiger partial charge in [0.25, 0.3) is 0 Å². The lowest BCUT2D eigenvalue weighted by Crippen LogP contribution is -2.45. The summed E-state index contributed by atoms with van der Waals surface area (Å²) in [4.78, 5) is 5.21. The van der Waals surface area contributed by atoms with E-state index in [1.807, 2.05) is 0 Å². The Kier molecular flexibility index (Phi) is 5.75. The molecule has 100 valence electrons. The molecule has 3 nitrogen and oxygen atoms in total. The Morgan fingerprint density at radius 2 is 2.00 bits per heavy atom. The molecule has 0 aromatic carbocycles. The van der Waals surface area contributed by atoms with Gasteiger partial charge in [0.15, 0.2) is 0 Å². The number of hydrogen-bond donors (Lipinski definition) is 1. The van der Waals surface area contributed by atoms with Crippen LogP contribution in [0.4, 0.5) is 0 Å². The van der Waals surface area contributed by atoms with E-state index in [4.69, 9.17) is 0 Å². The molecular weight excluding hydrogens is 210 g/mol. The molecule has 0 aromatic rings. The van der Waals surface area contributed by atoms with Crippen molar-refractivity contribution >= 4 is 0 Å². The van der Waals surface area contributed by atoms with Gasteiger partial charge in [0, 0.05) is 12.6 Å². The van der Waals surface area contributed by atoms with E-state index >= 15 is 0 Å². The zero-order chi connectivity index (χ0) is 11.9. The summed E-state index contributed by atoms with van der Waals surface area (Å²) in [5.41, 5.74) is 0. The molecule has 2 aliphatic rings. The first-order valence-corrected chi connectivity index (χ1v) is 7.49. The molecule has 1 N–H and O–H groups in total. The third kappa shape index (κ3) is 4.57. The SMILES string of the molecule is CN(CCCN1CCCCC1)C1CCCNC1. The molecule has 1 unspecified atom stereocenters. The van der Waals surface area contributed by atoms with Gasteiger partial charge in [-0.15, -0.1) is 0 Å². The minimum atomic E-state index is 0.783. The standard InChI is InChI=1S/C14H29N3/c1-16(14-7-5-8-15-13-14)9-6-12-17-10-3-2-4-11-17/h14-15H,2-13H2,1H3. The number of piperidine rings is 2. The van der Waals surface area contributed by atoms with Crippen LogP contribution in [-0.4, -0.2) is 62.2 Å². The van der Waals surface area contributed by atoms with E-state index < -0.39 is 0 Å². The van der Waals surface area contributed by atoms with E-state index in [0.717, 1.165) is 6.04 Å². The lowest BCUT2D eigenvalue weighted by molar-refractivity contribution is 0.176. The van der Waals surface area contributed by atoms with Crippen LogP contribution in [0.5, 0.6) is 0 Å². The van der Waals surface area contributed by atoms with Crippen LogP contribution in [0.2, 0.25) is 0 Å². The first-order chi connectivity index (χ1) is 8.36. The molecule has 0 aromatic heterocycles. The third-order valence-electron chi connectivity index (χ3n) is 4.33. The second-order valence-corrected chi connectivity index (χ2v) is 5.74. The first-order valence-electron chi connectivity index (χ1n) is 7.49. The van der Waals surface area contributed by atoms with Crippen LogP contribution in [0, 0.1) is 0 Å². The Labute approximate surface area is 107 Å². The zero-order valence-corrected chi connectivity index (χ0v) is 11.5. The molecule has 2 saturated heterocycles. The maximum absolute atomic E-state index is 3.50. The molecule has 2 aliphatic heterocycles. The fraction of sp³-hybridized carbons (Fsp3) is 1.00. The molecule has 1 atom stereocenters. The third-order valence-corrected chi connectivity index (χ3v) is 4.33. The van der Waals surface area contributed by atoms with E-state index in [9.17, 15) is 0 Å². The van der Waals surface area contributed by atoms with Crippen molar-refractivity contribution in [2.45, 2.75) is 44.6 Å². The van der Waals surface area contributed by atoms with Crippen molar-refractivity contribution in [3.8, 4) is 0 Å². The highest BCUT2D eigenvalue weighted by molar-refractivity contribution is 4.76. The van der Waals surface area contributed by atoms with Gasteiger partial charge in [-0.25, -0.2) is 0 Å². The summed E-state index contributed by atoms with van der Waals surface area (Å²) in [5, 5.41) is 3.50. The summed E-state index contributed by atoms with van der Waals surface area (Å²) >= 11 is 0. The lowest BCUT2D eigenvalue weighted by atomic mass is 10.1. The van der Waals surface area contributed by atoms with Gasteiger partial charge in [0.1, 0.15) is 0 Å². The van der Waals surface area contributed by atoms with Crippen molar-refractivity contribution < 1.29 is 0 Å². The Morgan fingerprint density at radius 1 is 1.18 bits per heavy atom. The molecule has 0 amide bonds. The molecular formula is C14H29N3. The first kappa shape index (κ1) is 13.3. The Bertz CT molecular complexity index is 196. The van der Waals surface area contributed by atoms with E-state index in [0.29, 0.717) is 0 Å². The van der Waals surface area contributed by atoms with E-state index in [1.165, 1.54) is 77.8 Å². The summed E-state index contributed by atoms with van der Waals surface area (Å²) in [7, 11) is 2.30. The maximum atomic E-state index is 3.50. The van der Waals surface area contributed by atoms with Gasteiger partial charge < -0.3 is 15.1 Å². The molecule has 2 fully saturated rings. The van der Waals surface area contributed by atoms with Gasteiger partial charge in [-0.05, 0) is 71.9 Å².